The van der Waals surface area contributed by atoms with Gasteiger partial charge in [-0.3, -0.25) is 0 Å². The quantitative estimate of drug-likeness (QED) is 0.352. The van der Waals surface area contributed by atoms with Crippen molar-refractivity contribution < 1.29 is 14.3 Å². The Labute approximate surface area is 191 Å². The summed E-state index contributed by atoms with van der Waals surface area (Å²) in [7, 11) is 2.01. The second kappa shape index (κ2) is 7.82. The Bertz CT molecular complexity index is 1400. The minimum Gasteiger partial charge on any atom is -0.492 e. The molecule has 1 aliphatic rings. The summed E-state index contributed by atoms with van der Waals surface area (Å²) in [4.78, 5) is 18.1. The highest BCUT2D eigenvalue weighted by Crippen LogP contribution is 2.45. The van der Waals surface area contributed by atoms with Gasteiger partial charge in [-0.05, 0) is 62.4 Å². The highest BCUT2D eigenvalue weighted by atomic mass is 35.5. The van der Waals surface area contributed by atoms with Gasteiger partial charge in [0.2, 0.25) is 0 Å². The molecule has 0 unspecified atom stereocenters. The van der Waals surface area contributed by atoms with Crippen molar-refractivity contribution in [1.82, 2.24) is 9.55 Å². The summed E-state index contributed by atoms with van der Waals surface area (Å²) in [5.41, 5.74) is 6.96. The van der Waals surface area contributed by atoms with Crippen LogP contribution in [0.2, 0.25) is 5.02 Å². The Morgan fingerprint density at radius 3 is 2.84 bits per heavy atom. The van der Waals surface area contributed by atoms with Crippen LogP contribution in [0.3, 0.4) is 0 Å². The first-order valence-corrected chi connectivity index (χ1v) is 11.3. The van der Waals surface area contributed by atoms with Crippen molar-refractivity contribution in [3.05, 3.63) is 57.7 Å². The number of benzene rings is 2. The molecule has 5 nitrogen and oxygen atoms in total. The highest BCUT2D eigenvalue weighted by Gasteiger charge is 2.28. The number of hydrogen-bond donors (Lipinski definition) is 0. The van der Waals surface area contributed by atoms with Crippen LogP contribution in [0.15, 0.2) is 30.3 Å². The van der Waals surface area contributed by atoms with Crippen LogP contribution in [0.4, 0.5) is 0 Å². The van der Waals surface area contributed by atoms with Crippen molar-refractivity contribution in [2.24, 2.45) is 7.05 Å². The van der Waals surface area contributed by atoms with E-state index < -0.39 is 0 Å². The molecule has 0 atom stereocenters. The number of carbonyl (C=O) groups excluding carboxylic acids is 1. The van der Waals surface area contributed by atoms with E-state index in [0.29, 0.717) is 29.5 Å². The number of esters is 1. The maximum atomic E-state index is 13.2. The second-order valence-corrected chi connectivity index (χ2v) is 8.64. The number of aryl methyl sites for hydroxylation is 2. The lowest BCUT2D eigenvalue weighted by molar-refractivity contribution is 0.0526. The van der Waals surface area contributed by atoms with Gasteiger partial charge in [0.25, 0.3) is 0 Å². The SMILES string of the molecule is CCOC(=O)c1c(C)nc2c(c1-c1cc(Cl)c3c(c1C)CCCO3)c1ccccc1n2C. The number of pyridine rings is 1. The van der Waals surface area contributed by atoms with E-state index >= 15 is 0 Å². The molecule has 0 fully saturated rings. The number of halogens is 1. The van der Waals surface area contributed by atoms with Crippen molar-refractivity contribution in [3.63, 3.8) is 0 Å². The van der Waals surface area contributed by atoms with E-state index in [0.717, 1.165) is 62.8 Å². The van der Waals surface area contributed by atoms with Gasteiger partial charge in [0.1, 0.15) is 11.4 Å². The summed E-state index contributed by atoms with van der Waals surface area (Å²) in [5, 5.41) is 2.55. The molecule has 164 valence electrons. The first-order valence-electron chi connectivity index (χ1n) is 10.9. The van der Waals surface area contributed by atoms with Gasteiger partial charge in [-0.2, -0.15) is 0 Å². The molecule has 6 heteroatoms. The smallest absolute Gasteiger partial charge is 0.340 e. The zero-order chi connectivity index (χ0) is 22.6. The molecule has 0 N–H and O–H groups in total. The van der Waals surface area contributed by atoms with E-state index in [1.165, 1.54) is 0 Å². The zero-order valence-electron chi connectivity index (χ0n) is 18.7. The third kappa shape index (κ3) is 2.99. The number of fused-ring (bicyclic) bond motifs is 4. The fourth-order valence-corrected chi connectivity index (χ4v) is 5.20. The summed E-state index contributed by atoms with van der Waals surface area (Å²) in [6.45, 7) is 6.73. The molecule has 0 spiro atoms. The molecule has 4 aromatic rings. The normalized spacial score (nSPS) is 13.3. The van der Waals surface area contributed by atoms with Crippen LogP contribution < -0.4 is 4.74 Å². The van der Waals surface area contributed by atoms with E-state index in [2.05, 4.69) is 23.6 Å². The minimum atomic E-state index is -0.369. The van der Waals surface area contributed by atoms with E-state index in [-0.39, 0.29) is 5.97 Å². The maximum Gasteiger partial charge on any atom is 0.340 e. The lowest BCUT2D eigenvalue weighted by Crippen LogP contribution is -2.13. The van der Waals surface area contributed by atoms with Crippen molar-refractivity contribution in [2.75, 3.05) is 13.2 Å². The number of aromatic nitrogens is 2. The van der Waals surface area contributed by atoms with Crippen molar-refractivity contribution in [1.29, 1.82) is 0 Å². The third-order valence-electron chi connectivity index (χ3n) is 6.40. The average molecular weight is 449 g/mol. The third-order valence-corrected chi connectivity index (χ3v) is 6.68. The maximum absolute atomic E-state index is 13.2. The van der Waals surface area contributed by atoms with Gasteiger partial charge >= 0.3 is 5.97 Å². The highest BCUT2D eigenvalue weighted by molar-refractivity contribution is 6.33. The molecular weight excluding hydrogens is 424 g/mol. The number of para-hydroxylation sites is 1. The molecule has 2 aromatic carbocycles. The average Bonchev–Trinajstić information content (AvgIpc) is 3.07. The molecule has 0 radical (unpaired) electrons. The summed E-state index contributed by atoms with van der Waals surface area (Å²) >= 11 is 6.71. The molecule has 1 aliphatic heterocycles. The second-order valence-electron chi connectivity index (χ2n) is 8.23. The van der Waals surface area contributed by atoms with Crippen LogP contribution in [-0.2, 0) is 18.2 Å². The van der Waals surface area contributed by atoms with Crippen molar-refractivity contribution >= 4 is 39.5 Å². The first kappa shape index (κ1) is 20.8. The Hall–Kier alpha value is -3.05. The number of ether oxygens (including phenoxy) is 2. The predicted molar refractivity (Wildman–Crippen MR) is 128 cm³/mol. The zero-order valence-corrected chi connectivity index (χ0v) is 19.5. The summed E-state index contributed by atoms with van der Waals surface area (Å²) in [5.74, 6) is 0.392. The molecule has 0 saturated carbocycles. The molecule has 0 bridgehead atoms. The van der Waals surface area contributed by atoms with Crippen LogP contribution in [0, 0.1) is 13.8 Å². The van der Waals surface area contributed by atoms with Crippen molar-refractivity contribution in [2.45, 2.75) is 33.6 Å². The number of hydrogen-bond acceptors (Lipinski definition) is 4. The van der Waals surface area contributed by atoms with Crippen LogP contribution >= 0.6 is 11.6 Å². The van der Waals surface area contributed by atoms with Gasteiger partial charge in [0.15, 0.2) is 0 Å². The van der Waals surface area contributed by atoms with Gasteiger partial charge in [-0.15, -0.1) is 0 Å². The van der Waals surface area contributed by atoms with Gasteiger partial charge in [-0.1, -0.05) is 29.8 Å². The van der Waals surface area contributed by atoms with Crippen LogP contribution in [0.1, 0.15) is 40.5 Å². The van der Waals surface area contributed by atoms with E-state index in [1.807, 2.05) is 39.1 Å². The fraction of sp³-hybridized carbons (Fsp3) is 0.308. The summed E-state index contributed by atoms with van der Waals surface area (Å²) < 4.78 is 13.4. The lowest BCUT2D eigenvalue weighted by Gasteiger charge is -2.24. The van der Waals surface area contributed by atoms with Gasteiger partial charge in [-0.25, -0.2) is 9.78 Å². The molecule has 3 heterocycles. The van der Waals surface area contributed by atoms with E-state index in [1.54, 1.807) is 0 Å². The molecule has 0 amide bonds. The molecular formula is C26H25ClN2O3. The van der Waals surface area contributed by atoms with Crippen LogP contribution in [0.25, 0.3) is 33.1 Å². The first-order chi connectivity index (χ1) is 15.4. The molecule has 0 aliphatic carbocycles. The van der Waals surface area contributed by atoms with Crippen molar-refractivity contribution in [3.8, 4) is 16.9 Å². The molecule has 5 rings (SSSR count). The number of rotatable bonds is 3. The van der Waals surface area contributed by atoms with Crippen LogP contribution in [0.5, 0.6) is 5.75 Å². The van der Waals surface area contributed by atoms with Gasteiger partial charge in [0, 0.05) is 23.4 Å². The molecule has 0 saturated heterocycles. The Balaban J connectivity index is 1.98. The predicted octanol–water partition coefficient (Wildman–Crippen LogP) is 6.17. The summed E-state index contributed by atoms with van der Waals surface area (Å²) in [6, 6.07) is 10.1. The van der Waals surface area contributed by atoms with E-state index in [9.17, 15) is 4.79 Å². The largest absolute Gasteiger partial charge is 0.492 e. The lowest BCUT2D eigenvalue weighted by atomic mass is 9.88. The summed E-state index contributed by atoms with van der Waals surface area (Å²) in [6.07, 6.45) is 1.84. The Morgan fingerprint density at radius 1 is 1.28 bits per heavy atom. The fourth-order valence-electron chi connectivity index (χ4n) is 4.92. The van der Waals surface area contributed by atoms with Gasteiger partial charge in [0.05, 0.1) is 35.0 Å². The Kier molecular flexibility index (Phi) is 5.09. The van der Waals surface area contributed by atoms with Crippen LogP contribution in [-0.4, -0.2) is 28.7 Å². The topological polar surface area (TPSA) is 53.4 Å². The van der Waals surface area contributed by atoms with Gasteiger partial charge < -0.3 is 14.0 Å². The molecule has 2 aromatic heterocycles. The minimum absolute atomic E-state index is 0.295. The Morgan fingerprint density at radius 2 is 2.06 bits per heavy atom. The van der Waals surface area contributed by atoms with E-state index in [4.69, 9.17) is 26.1 Å². The number of nitrogens with zero attached hydrogens (tertiary/aromatic N) is 2. The monoisotopic (exact) mass is 448 g/mol. The number of carbonyl (C=O) groups is 1. The molecule has 32 heavy (non-hydrogen) atoms. The standard InChI is InChI=1S/C26H25ClN2O3/c1-5-31-26(30)21-15(3)28-25-23(17-9-6-7-11-20(17)29(25)4)22(21)18-13-19(27)24-16(14(18)2)10-8-12-32-24/h6-7,9,11,13H,5,8,10,12H2,1-4H3.